The van der Waals surface area contributed by atoms with Crippen molar-refractivity contribution < 1.29 is 9.53 Å². The summed E-state index contributed by atoms with van der Waals surface area (Å²) in [6.45, 7) is 5.16. The molecule has 0 aromatic heterocycles. The highest BCUT2D eigenvalue weighted by Gasteiger charge is 2.24. The number of hydrogen-bond acceptors (Lipinski definition) is 3. The molecular formula is C21H24Cl2N2O2. The molecule has 0 spiro atoms. The molecule has 1 aliphatic heterocycles. The van der Waals surface area contributed by atoms with Gasteiger partial charge in [-0.1, -0.05) is 60.5 Å². The molecule has 2 aromatic rings. The predicted octanol–water partition coefficient (Wildman–Crippen LogP) is 4.79. The number of likely N-dealkylation sites (tertiary alicyclic amines) is 1. The van der Waals surface area contributed by atoms with Crippen molar-refractivity contribution in [1.29, 1.82) is 0 Å². The van der Waals surface area contributed by atoms with Crippen LogP contribution in [0.25, 0.3) is 0 Å². The van der Waals surface area contributed by atoms with E-state index in [1.165, 1.54) is 6.42 Å². The topological polar surface area (TPSA) is 41.6 Å². The first-order chi connectivity index (χ1) is 13.1. The van der Waals surface area contributed by atoms with E-state index in [0.29, 0.717) is 40.6 Å². The van der Waals surface area contributed by atoms with Crippen molar-refractivity contribution >= 4 is 29.1 Å². The molecule has 1 aliphatic rings. The minimum absolute atomic E-state index is 0.217. The van der Waals surface area contributed by atoms with Crippen molar-refractivity contribution in [2.45, 2.75) is 32.4 Å². The Morgan fingerprint density at radius 2 is 2.04 bits per heavy atom. The molecule has 1 fully saturated rings. The second-order valence-corrected chi connectivity index (χ2v) is 7.52. The van der Waals surface area contributed by atoms with Crippen LogP contribution < -0.4 is 10.1 Å². The van der Waals surface area contributed by atoms with Crippen molar-refractivity contribution in [2.75, 3.05) is 19.6 Å². The largest absolute Gasteiger partial charge is 0.486 e. The molecule has 6 heteroatoms. The minimum Gasteiger partial charge on any atom is -0.486 e. The Morgan fingerprint density at radius 1 is 1.26 bits per heavy atom. The number of nitrogens with zero attached hydrogens (tertiary/aromatic N) is 1. The van der Waals surface area contributed by atoms with Crippen molar-refractivity contribution in [3.8, 4) is 5.75 Å². The Kier molecular flexibility index (Phi) is 7.00. The lowest BCUT2D eigenvalue weighted by atomic mass is 10.1. The molecule has 1 amide bonds. The summed E-state index contributed by atoms with van der Waals surface area (Å²) in [5, 5.41) is 3.76. The number of hydrogen-bond donors (Lipinski definition) is 1. The number of amides is 1. The number of ether oxygens (including phenoxy) is 1. The third kappa shape index (κ3) is 5.16. The van der Waals surface area contributed by atoms with Crippen LogP contribution in [0, 0.1) is 0 Å². The molecule has 0 bridgehead atoms. The maximum Gasteiger partial charge on any atom is 0.255 e. The molecule has 0 aliphatic carbocycles. The van der Waals surface area contributed by atoms with E-state index in [1.54, 1.807) is 12.1 Å². The quantitative estimate of drug-likeness (QED) is 0.718. The number of rotatable bonds is 7. The van der Waals surface area contributed by atoms with Gasteiger partial charge in [0.15, 0.2) is 5.75 Å². The lowest BCUT2D eigenvalue weighted by Gasteiger charge is -2.23. The van der Waals surface area contributed by atoms with Gasteiger partial charge < -0.3 is 10.1 Å². The zero-order valence-corrected chi connectivity index (χ0v) is 16.9. The van der Waals surface area contributed by atoms with Crippen molar-refractivity contribution in [2.24, 2.45) is 0 Å². The molecule has 1 saturated heterocycles. The fraction of sp³-hybridized carbons (Fsp3) is 0.381. The van der Waals surface area contributed by atoms with Gasteiger partial charge in [0.05, 0.1) is 10.6 Å². The summed E-state index contributed by atoms with van der Waals surface area (Å²) in [5.41, 5.74) is 1.36. The van der Waals surface area contributed by atoms with Crippen molar-refractivity contribution in [3.63, 3.8) is 0 Å². The zero-order chi connectivity index (χ0) is 19.2. The van der Waals surface area contributed by atoms with Crippen LogP contribution in [0.3, 0.4) is 0 Å². The molecule has 0 radical (unpaired) electrons. The molecule has 27 heavy (non-hydrogen) atoms. The highest BCUT2D eigenvalue weighted by atomic mass is 35.5. The highest BCUT2D eigenvalue weighted by Crippen LogP contribution is 2.33. The monoisotopic (exact) mass is 406 g/mol. The van der Waals surface area contributed by atoms with Gasteiger partial charge in [-0.15, -0.1) is 0 Å². The van der Waals surface area contributed by atoms with E-state index in [2.05, 4.69) is 17.1 Å². The SMILES string of the molecule is CCN1CCCC1CNC(=O)c1cc(Cl)cc(Cl)c1OCc1ccccc1. The van der Waals surface area contributed by atoms with Crippen LogP contribution in [0.4, 0.5) is 0 Å². The summed E-state index contributed by atoms with van der Waals surface area (Å²) >= 11 is 12.4. The molecule has 0 saturated carbocycles. The zero-order valence-electron chi connectivity index (χ0n) is 15.4. The molecule has 1 atom stereocenters. The van der Waals surface area contributed by atoms with Gasteiger partial charge in [-0.25, -0.2) is 0 Å². The van der Waals surface area contributed by atoms with E-state index in [9.17, 15) is 4.79 Å². The second kappa shape index (κ2) is 9.45. The third-order valence-electron chi connectivity index (χ3n) is 4.88. The first-order valence-electron chi connectivity index (χ1n) is 9.26. The summed E-state index contributed by atoms with van der Waals surface area (Å²) in [7, 11) is 0. The molecule has 2 aromatic carbocycles. The number of halogens is 2. The molecule has 1 heterocycles. The summed E-state index contributed by atoms with van der Waals surface area (Å²) in [5.74, 6) is 0.145. The van der Waals surface area contributed by atoms with E-state index in [-0.39, 0.29) is 5.91 Å². The lowest BCUT2D eigenvalue weighted by Crippen LogP contribution is -2.40. The van der Waals surface area contributed by atoms with Crippen LogP contribution in [0.2, 0.25) is 10.0 Å². The van der Waals surface area contributed by atoms with Gasteiger partial charge in [-0.2, -0.15) is 0 Å². The van der Waals surface area contributed by atoms with Crippen LogP contribution in [0.1, 0.15) is 35.7 Å². The predicted molar refractivity (Wildman–Crippen MR) is 110 cm³/mol. The van der Waals surface area contributed by atoms with Gasteiger partial charge in [0.1, 0.15) is 6.61 Å². The average molecular weight is 407 g/mol. The number of likely N-dealkylation sites (N-methyl/N-ethyl adjacent to an activating group) is 1. The maximum absolute atomic E-state index is 12.8. The fourth-order valence-electron chi connectivity index (χ4n) is 3.45. The molecule has 4 nitrogen and oxygen atoms in total. The Bertz CT molecular complexity index is 783. The summed E-state index contributed by atoms with van der Waals surface area (Å²) in [4.78, 5) is 15.2. The molecular weight excluding hydrogens is 383 g/mol. The number of carbonyl (C=O) groups excluding carboxylic acids is 1. The first-order valence-corrected chi connectivity index (χ1v) is 10.0. The third-order valence-corrected chi connectivity index (χ3v) is 5.38. The van der Waals surface area contributed by atoms with E-state index >= 15 is 0 Å². The maximum atomic E-state index is 12.8. The van der Waals surface area contributed by atoms with Crippen LogP contribution in [0.15, 0.2) is 42.5 Å². The van der Waals surface area contributed by atoms with E-state index < -0.39 is 0 Å². The first kappa shape index (κ1) is 20.0. The smallest absolute Gasteiger partial charge is 0.255 e. The van der Waals surface area contributed by atoms with E-state index in [0.717, 1.165) is 25.1 Å². The Balaban J connectivity index is 1.72. The van der Waals surface area contributed by atoms with Crippen LogP contribution >= 0.6 is 23.2 Å². The van der Waals surface area contributed by atoms with Gasteiger partial charge in [-0.05, 0) is 43.6 Å². The van der Waals surface area contributed by atoms with Gasteiger partial charge in [0, 0.05) is 17.6 Å². The molecule has 1 unspecified atom stereocenters. The number of benzene rings is 2. The lowest BCUT2D eigenvalue weighted by molar-refractivity contribution is 0.0937. The van der Waals surface area contributed by atoms with E-state index in [4.69, 9.17) is 27.9 Å². The molecule has 3 rings (SSSR count). The molecule has 144 valence electrons. The summed E-state index contributed by atoms with van der Waals surface area (Å²) < 4.78 is 5.88. The number of nitrogens with one attached hydrogen (secondary N) is 1. The summed E-state index contributed by atoms with van der Waals surface area (Å²) in [6, 6.07) is 13.3. The second-order valence-electron chi connectivity index (χ2n) is 6.67. The van der Waals surface area contributed by atoms with E-state index in [1.807, 2.05) is 30.3 Å². The summed E-state index contributed by atoms with van der Waals surface area (Å²) in [6.07, 6.45) is 2.27. The van der Waals surface area contributed by atoms with Crippen LogP contribution in [-0.2, 0) is 6.61 Å². The fourth-order valence-corrected chi connectivity index (χ4v) is 4.00. The Labute approximate surface area is 170 Å². The molecule has 1 N–H and O–H groups in total. The Morgan fingerprint density at radius 3 is 2.78 bits per heavy atom. The Hall–Kier alpha value is -1.75. The van der Waals surface area contributed by atoms with Gasteiger partial charge in [0.25, 0.3) is 5.91 Å². The normalized spacial score (nSPS) is 17.1. The standard InChI is InChI=1S/C21H24Cl2N2O2/c1-2-25-10-6-9-17(25)13-24-21(26)18-11-16(22)12-19(23)20(18)27-14-15-7-4-3-5-8-15/h3-5,7-8,11-12,17H,2,6,9-10,13-14H2,1H3,(H,24,26). The van der Waals surface area contributed by atoms with Crippen molar-refractivity contribution in [3.05, 3.63) is 63.6 Å². The number of carbonyl (C=O) groups is 1. The highest BCUT2D eigenvalue weighted by molar-refractivity contribution is 6.36. The average Bonchev–Trinajstić information content (AvgIpc) is 3.13. The minimum atomic E-state index is -0.217. The van der Waals surface area contributed by atoms with Gasteiger partial charge >= 0.3 is 0 Å². The van der Waals surface area contributed by atoms with Crippen molar-refractivity contribution in [1.82, 2.24) is 10.2 Å². The van der Waals surface area contributed by atoms with Gasteiger partial charge in [-0.3, -0.25) is 9.69 Å². The van der Waals surface area contributed by atoms with Gasteiger partial charge in [0.2, 0.25) is 0 Å². The van der Waals surface area contributed by atoms with Crippen LogP contribution in [0.5, 0.6) is 5.75 Å². The van der Waals surface area contributed by atoms with Crippen LogP contribution in [-0.4, -0.2) is 36.5 Å².